The molecule has 1 amide bonds. The smallest absolute Gasteiger partial charge is 0.244 e. The molecule has 0 aliphatic carbocycles. The maximum Gasteiger partial charge on any atom is 0.244 e. The first-order chi connectivity index (χ1) is 8.54. The highest BCUT2D eigenvalue weighted by Gasteiger charge is 2.44. The van der Waals surface area contributed by atoms with Crippen LogP contribution in [0.4, 0.5) is 5.69 Å². The van der Waals surface area contributed by atoms with Crippen LogP contribution in [0.25, 0.3) is 0 Å². The number of hydrogen-bond donors (Lipinski definition) is 2. The highest BCUT2D eigenvalue weighted by Crippen LogP contribution is 2.36. The van der Waals surface area contributed by atoms with Crippen molar-refractivity contribution in [2.24, 2.45) is 5.73 Å². The Hall–Kier alpha value is -1.16. The molecule has 98 valence electrons. The molecule has 2 unspecified atom stereocenters. The second kappa shape index (κ2) is 5.22. The van der Waals surface area contributed by atoms with Crippen LogP contribution < -0.4 is 11.1 Å². The van der Waals surface area contributed by atoms with Gasteiger partial charge < -0.3 is 11.1 Å². The van der Waals surface area contributed by atoms with Gasteiger partial charge in [-0.05, 0) is 37.7 Å². The summed E-state index contributed by atoms with van der Waals surface area (Å²) in [6, 6.07) is 8.09. The zero-order valence-corrected chi connectivity index (χ0v) is 11.7. The van der Waals surface area contributed by atoms with E-state index in [9.17, 15) is 4.79 Å². The largest absolute Gasteiger partial charge is 0.370 e. The Morgan fingerprint density at radius 3 is 2.67 bits per heavy atom. The number of hydrogen-bond acceptors (Lipinski definition) is 3. The number of benzene rings is 1. The second-order valence-corrected chi connectivity index (χ2v) is 6.39. The highest BCUT2D eigenvalue weighted by atomic mass is 32.2. The van der Waals surface area contributed by atoms with E-state index in [-0.39, 0.29) is 11.2 Å². The molecule has 1 aromatic carbocycles. The topological polar surface area (TPSA) is 55.1 Å². The van der Waals surface area contributed by atoms with Crippen molar-refractivity contribution in [2.75, 3.05) is 11.1 Å². The molecule has 1 aromatic rings. The first-order valence-corrected chi connectivity index (χ1v) is 7.36. The average Bonchev–Trinajstić information content (AvgIpc) is 2.35. The van der Waals surface area contributed by atoms with Crippen molar-refractivity contribution in [1.82, 2.24) is 0 Å². The second-order valence-electron chi connectivity index (χ2n) is 4.94. The summed E-state index contributed by atoms with van der Waals surface area (Å²) in [6.45, 7) is 4.13. The number of primary amides is 1. The first-order valence-electron chi connectivity index (χ1n) is 6.31. The summed E-state index contributed by atoms with van der Waals surface area (Å²) in [5.41, 5.74) is 7.22. The van der Waals surface area contributed by atoms with Gasteiger partial charge in [0, 0.05) is 10.9 Å². The lowest BCUT2D eigenvalue weighted by atomic mass is 9.88. The third-order valence-corrected chi connectivity index (χ3v) is 5.06. The number of amides is 1. The Kier molecular flexibility index (Phi) is 3.85. The van der Waals surface area contributed by atoms with E-state index in [2.05, 4.69) is 12.2 Å². The number of thioether (sulfide) groups is 1. The molecule has 3 nitrogen and oxygen atoms in total. The molecule has 1 fully saturated rings. The van der Waals surface area contributed by atoms with Crippen molar-refractivity contribution in [1.29, 1.82) is 0 Å². The quantitative estimate of drug-likeness (QED) is 0.882. The van der Waals surface area contributed by atoms with E-state index >= 15 is 0 Å². The summed E-state index contributed by atoms with van der Waals surface area (Å²) < 4.78 is 0. The minimum Gasteiger partial charge on any atom is -0.370 e. The minimum atomic E-state index is -0.613. The van der Waals surface area contributed by atoms with Crippen molar-refractivity contribution in [3.05, 3.63) is 29.8 Å². The summed E-state index contributed by atoms with van der Waals surface area (Å²) in [5.74, 6) is 0.856. The van der Waals surface area contributed by atoms with Crippen molar-refractivity contribution < 1.29 is 4.79 Å². The molecule has 0 bridgehead atoms. The van der Waals surface area contributed by atoms with Gasteiger partial charge in [-0.2, -0.15) is 11.8 Å². The van der Waals surface area contributed by atoms with Crippen molar-refractivity contribution >= 4 is 23.4 Å². The van der Waals surface area contributed by atoms with Crippen LogP contribution in [0.3, 0.4) is 0 Å². The maximum atomic E-state index is 11.9. The van der Waals surface area contributed by atoms with Crippen LogP contribution >= 0.6 is 11.8 Å². The van der Waals surface area contributed by atoms with E-state index in [0.717, 1.165) is 24.3 Å². The Morgan fingerprint density at radius 1 is 1.44 bits per heavy atom. The van der Waals surface area contributed by atoms with Crippen LogP contribution in [0.5, 0.6) is 0 Å². The van der Waals surface area contributed by atoms with E-state index in [1.54, 1.807) is 0 Å². The standard InChI is InChI=1S/C14H20N2OS/c1-10-4-6-12(7-5-10)16-14(13(15)17)8-3-9-18-11(14)2/h4-7,11,16H,3,8-9H2,1-2H3,(H2,15,17). The van der Waals surface area contributed by atoms with Crippen LogP contribution in [0.15, 0.2) is 24.3 Å². The molecule has 3 N–H and O–H groups in total. The molecule has 0 aromatic heterocycles. The van der Waals surface area contributed by atoms with Crippen LogP contribution in [0, 0.1) is 6.92 Å². The average molecular weight is 264 g/mol. The van der Waals surface area contributed by atoms with E-state index in [1.165, 1.54) is 5.56 Å². The summed E-state index contributed by atoms with van der Waals surface area (Å²) in [4.78, 5) is 11.9. The van der Waals surface area contributed by atoms with Gasteiger partial charge in [-0.3, -0.25) is 4.79 Å². The lowest BCUT2D eigenvalue weighted by Crippen LogP contribution is -2.58. The molecule has 1 heterocycles. The molecule has 0 spiro atoms. The number of nitrogens with two attached hydrogens (primary N) is 1. The highest BCUT2D eigenvalue weighted by molar-refractivity contribution is 8.00. The molecular formula is C14H20N2OS. The fourth-order valence-electron chi connectivity index (χ4n) is 2.40. The van der Waals surface area contributed by atoms with E-state index in [0.29, 0.717) is 0 Å². The fourth-order valence-corrected chi connectivity index (χ4v) is 3.64. The third kappa shape index (κ3) is 2.48. The summed E-state index contributed by atoms with van der Waals surface area (Å²) in [7, 11) is 0. The monoisotopic (exact) mass is 264 g/mol. The van der Waals surface area contributed by atoms with Gasteiger partial charge in [-0.25, -0.2) is 0 Å². The maximum absolute atomic E-state index is 11.9. The molecule has 4 heteroatoms. The van der Waals surface area contributed by atoms with Crippen molar-refractivity contribution in [3.63, 3.8) is 0 Å². The SMILES string of the molecule is Cc1ccc(NC2(C(N)=O)CCCSC2C)cc1. The van der Waals surface area contributed by atoms with E-state index in [1.807, 2.05) is 43.0 Å². The van der Waals surface area contributed by atoms with Gasteiger partial charge in [0.15, 0.2) is 0 Å². The molecule has 2 atom stereocenters. The van der Waals surface area contributed by atoms with Gasteiger partial charge in [0.05, 0.1) is 0 Å². The van der Waals surface area contributed by atoms with Gasteiger partial charge in [0.2, 0.25) is 5.91 Å². The molecule has 1 saturated heterocycles. The van der Waals surface area contributed by atoms with E-state index in [4.69, 9.17) is 5.73 Å². The molecule has 2 rings (SSSR count). The van der Waals surface area contributed by atoms with Crippen LogP contribution in [-0.2, 0) is 4.79 Å². The normalized spacial score (nSPS) is 27.8. The first kappa shape index (κ1) is 13.3. The van der Waals surface area contributed by atoms with Crippen LogP contribution in [-0.4, -0.2) is 22.4 Å². The Bertz CT molecular complexity index is 432. The molecule has 0 saturated carbocycles. The lowest BCUT2D eigenvalue weighted by molar-refractivity contribution is -0.122. The van der Waals surface area contributed by atoms with Gasteiger partial charge in [-0.15, -0.1) is 0 Å². The van der Waals surface area contributed by atoms with Gasteiger partial charge >= 0.3 is 0 Å². The Labute approximate surface area is 113 Å². The zero-order chi connectivity index (χ0) is 13.2. The lowest BCUT2D eigenvalue weighted by Gasteiger charge is -2.40. The molecule has 0 radical (unpaired) electrons. The zero-order valence-electron chi connectivity index (χ0n) is 10.9. The minimum absolute atomic E-state index is 0.199. The molecule has 1 aliphatic rings. The number of carbonyl (C=O) groups excluding carboxylic acids is 1. The van der Waals surface area contributed by atoms with Crippen LogP contribution in [0.1, 0.15) is 25.3 Å². The number of rotatable bonds is 3. The van der Waals surface area contributed by atoms with Crippen LogP contribution in [0.2, 0.25) is 0 Å². The fraction of sp³-hybridized carbons (Fsp3) is 0.500. The predicted octanol–water partition coefficient (Wildman–Crippen LogP) is 2.55. The number of anilines is 1. The molecule has 18 heavy (non-hydrogen) atoms. The van der Waals surface area contributed by atoms with E-state index < -0.39 is 5.54 Å². The number of nitrogens with one attached hydrogen (secondary N) is 1. The Morgan fingerprint density at radius 2 is 2.11 bits per heavy atom. The molecule has 1 aliphatic heterocycles. The summed E-state index contributed by atoms with van der Waals surface area (Å²) in [6.07, 6.45) is 1.83. The van der Waals surface area contributed by atoms with Crippen molar-refractivity contribution in [2.45, 2.75) is 37.5 Å². The number of aryl methyl sites for hydroxylation is 1. The van der Waals surface area contributed by atoms with Gasteiger partial charge in [0.1, 0.15) is 5.54 Å². The van der Waals surface area contributed by atoms with Gasteiger partial charge in [-0.1, -0.05) is 24.6 Å². The Balaban J connectivity index is 2.25. The third-order valence-electron chi connectivity index (χ3n) is 3.64. The van der Waals surface area contributed by atoms with Crippen molar-refractivity contribution in [3.8, 4) is 0 Å². The summed E-state index contributed by atoms with van der Waals surface area (Å²) in [5, 5.41) is 3.57. The predicted molar refractivity (Wildman–Crippen MR) is 77.9 cm³/mol. The summed E-state index contributed by atoms with van der Waals surface area (Å²) >= 11 is 1.81. The number of carbonyl (C=O) groups is 1. The molecular weight excluding hydrogens is 244 g/mol. The van der Waals surface area contributed by atoms with Gasteiger partial charge in [0.25, 0.3) is 0 Å².